The highest BCUT2D eigenvalue weighted by Gasteiger charge is 2.04. The SMILES string of the molecule is C.CCCCCCCCCOc1ccc2[nH]cc(CCN)c2c1.Cl. The van der Waals surface area contributed by atoms with Gasteiger partial charge in [0.15, 0.2) is 0 Å². The normalized spacial score (nSPS) is 10.2. The molecule has 24 heavy (non-hydrogen) atoms. The van der Waals surface area contributed by atoms with Gasteiger partial charge in [0.05, 0.1) is 6.61 Å². The van der Waals surface area contributed by atoms with E-state index in [1.54, 1.807) is 0 Å². The standard InChI is InChI=1S/C19H30N2O.CH4.ClH/c1-2-3-4-5-6-7-8-13-22-17-9-10-19-18(14-17)16(11-12-20)15-21-19;;/h9-10,14-15,21H,2-8,11-13,20H2,1H3;1H4;1H. The fourth-order valence-corrected chi connectivity index (χ4v) is 2.86. The molecule has 0 spiro atoms. The van der Waals surface area contributed by atoms with Gasteiger partial charge in [0.25, 0.3) is 0 Å². The van der Waals surface area contributed by atoms with Gasteiger partial charge in [-0.3, -0.25) is 0 Å². The van der Waals surface area contributed by atoms with Gasteiger partial charge in [-0.1, -0.05) is 52.9 Å². The summed E-state index contributed by atoms with van der Waals surface area (Å²) in [5.41, 5.74) is 8.10. The third kappa shape index (κ3) is 7.14. The van der Waals surface area contributed by atoms with Crippen LogP contribution in [0.4, 0.5) is 0 Å². The Balaban J connectivity index is 0.00000264. The molecule has 2 rings (SSSR count). The summed E-state index contributed by atoms with van der Waals surface area (Å²) in [5.74, 6) is 0.969. The molecule has 0 aliphatic rings. The smallest absolute Gasteiger partial charge is 0.120 e. The van der Waals surface area contributed by atoms with Crippen molar-refractivity contribution in [1.29, 1.82) is 0 Å². The molecule has 0 unspecified atom stereocenters. The zero-order valence-electron chi connectivity index (χ0n) is 14.3. The third-order valence-corrected chi connectivity index (χ3v) is 4.17. The summed E-state index contributed by atoms with van der Waals surface area (Å²) >= 11 is 0. The van der Waals surface area contributed by atoms with E-state index in [0.29, 0.717) is 6.54 Å². The van der Waals surface area contributed by atoms with E-state index in [1.807, 2.05) is 6.07 Å². The molecule has 0 saturated carbocycles. The van der Waals surface area contributed by atoms with Crippen LogP contribution in [0.15, 0.2) is 24.4 Å². The van der Waals surface area contributed by atoms with E-state index in [0.717, 1.165) is 30.7 Å². The maximum absolute atomic E-state index is 5.90. The Kier molecular flexibility index (Phi) is 12.5. The van der Waals surface area contributed by atoms with Gasteiger partial charge in [0.1, 0.15) is 5.75 Å². The molecule has 138 valence electrons. The van der Waals surface area contributed by atoms with E-state index >= 15 is 0 Å². The van der Waals surface area contributed by atoms with E-state index in [2.05, 4.69) is 30.2 Å². The molecular weight excluding hydrogens is 320 g/mol. The molecule has 1 aromatic heterocycles. The molecule has 1 heterocycles. The van der Waals surface area contributed by atoms with Gasteiger partial charge in [-0.2, -0.15) is 0 Å². The van der Waals surface area contributed by atoms with E-state index < -0.39 is 0 Å². The van der Waals surface area contributed by atoms with Gasteiger partial charge in [-0.05, 0) is 43.1 Å². The fraction of sp³-hybridized carbons (Fsp3) is 0.600. The van der Waals surface area contributed by atoms with Crippen LogP contribution in [0.5, 0.6) is 5.75 Å². The Morgan fingerprint density at radius 2 is 1.75 bits per heavy atom. The van der Waals surface area contributed by atoms with Gasteiger partial charge >= 0.3 is 0 Å². The number of benzene rings is 1. The largest absolute Gasteiger partial charge is 0.494 e. The van der Waals surface area contributed by atoms with Crippen molar-refractivity contribution in [3.05, 3.63) is 30.0 Å². The number of halogens is 1. The zero-order valence-corrected chi connectivity index (χ0v) is 15.1. The van der Waals surface area contributed by atoms with Crippen LogP contribution in [0.25, 0.3) is 10.9 Å². The summed E-state index contributed by atoms with van der Waals surface area (Å²) in [4.78, 5) is 3.29. The Bertz CT molecular complexity index is 554. The van der Waals surface area contributed by atoms with Crippen molar-refractivity contribution in [3.63, 3.8) is 0 Å². The van der Waals surface area contributed by atoms with Crippen molar-refractivity contribution in [2.45, 2.75) is 65.7 Å². The monoisotopic (exact) mass is 354 g/mol. The van der Waals surface area contributed by atoms with Crippen LogP contribution >= 0.6 is 12.4 Å². The van der Waals surface area contributed by atoms with Gasteiger partial charge < -0.3 is 15.5 Å². The van der Waals surface area contributed by atoms with E-state index in [-0.39, 0.29) is 19.8 Å². The molecule has 2 aromatic rings. The molecule has 0 bridgehead atoms. The number of aromatic nitrogens is 1. The predicted octanol–water partition coefficient (Wildman–Crippen LogP) is 5.86. The van der Waals surface area contributed by atoms with Crippen molar-refractivity contribution in [3.8, 4) is 5.75 Å². The molecule has 3 nitrogen and oxygen atoms in total. The van der Waals surface area contributed by atoms with Crippen molar-refractivity contribution in [2.24, 2.45) is 5.73 Å². The number of aromatic amines is 1. The molecule has 0 saturated heterocycles. The molecule has 0 amide bonds. The second-order valence-corrected chi connectivity index (χ2v) is 6.03. The highest BCUT2D eigenvalue weighted by Crippen LogP contribution is 2.24. The summed E-state index contributed by atoms with van der Waals surface area (Å²) in [6, 6.07) is 6.28. The Hall–Kier alpha value is -1.19. The molecule has 0 atom stereocenters. The lowest BCUT2D eigenvalue weighted by Gasteiger charge is -2.07. The first kappa shape index (κ1) is 22.8. The lowest BCUT2D eigenvalue weighted by molar-refractivity contribution is 0.304. The number of rotatable bonds is 11. The third-order valence-electron chi connectivity index (χ3n) is 4.17. The summed E-state index contributed by atoms with van der Waals surface area (Å²) in [6.07, 6.45) is 12.1. The van der Waals surface area contributed by atoms with E-state index in [1.165, 1.54) is 49.5 Å². The summed E-state index contributed by atoms with van der Waals surface area (Å²) < 4.78 is 5.90. The number of hydrogen-bond acceptors (Lipinski definition) is 2. The predicted molar refractivity (Wildman–Crippen MR) is 109 cm³/mol. The maximum Gasteiger partial charge on any atom is 0.120 e. The maximum atomic E-state index is 5.90. The van der Waals surface area contributed by atoms with Crippen molar-refractivity contribution < 1.29 is 4.74 Å². The van der Waals surface area contributed by atoms with Crippen LogP contribution in [-0.4, -0.2) is 18.1 Å². The number of ether oxygens (including phenoxy) is 1. The lowest BCUT2D eigenvalue weighted by Crippen LogP contribution is -2.02. The van der Waals surface area contributed by atoms with Crippen LogP contribution in [0.1, 0.15) is 64.9 Å². The average molecular weight is 355 g/mol. The van der Waals surface area contributed by atoms with Crippen LogP contribution in [0, 0.1) is 0 Å². The first-order valence-corrected chi connectivity index (χ1v) is 8.78. The minimum absolute atomic E-state index is 0. The van der Waals surface area contributed by atoms with Crippen LogP contribution in [0.2, 0.25) is 0 Å². The van der Waals surface area contributed by atoms with Crippen molar-refractivity contribution in [1.82, 2.24) is 4.98 Å². The van der Waals surface area contributed by atoms with Crippen LogP contribution < -0.4 is 10.5 Å². The molecule has 0 fully saturated rings. The second kappa shape index (κ2) is 13.1. The number of unbranched alkanes of at least 4 members (excludes halogenated alkanes) is 6. The molecule has 3 N–H and O–H groups in total. The fourth-order valence-electron chi connectivity index (χ4n) is 2.86. The van der Waals surface area contributed by atoms with Crippen molar-refractivity contribution in [2.75, 3.05) is 13.2 Å². The van der Waals surface area contributed by atoms with Crippen LogP contribution in [0.3, 0.4) is 0 Å². The zero-order chi connectivity index (χ0) is 15.6. The Labute approximate surface area is 153 Å². The minimum atomic E-state index is 0. The molecular formula is C20H35ClN2O. The van der Waals surface area contributed by atoms with Gasteiger partial charge in [0.2, 0.25) is 0 Å². The summed E-state index contributed by atoms with van der Waals surface area (Å²) in [7, 11) is 0. The Morgan fingerprint density at radius 3 is 2.46 bits per heavy atom. The van der Waals surface area contributed by atoms with Gasteiger partial charge in [0, 0.05) is 17.1 Å². The number of hydrogen-bond donors (Lipinski definition) is 2. The minimum Gasteiger partial charge on any atom is -0.494 e. The van der Waals surface area contributed by atoms with Crippen molar-refractivity contribution >= 4 is 23.3 Å². The highest BCUT2D eigenvalue weighted by atomic mass is 35.5. The molecule has 0 aliphatic carbocycles. The topological polar surface area (TPSA) is 51.0 Å². The number of nitrogens with one attached hydrogen (secondary N) is 1. The molecule has 4 heteroatoms. The second-order valence-electron chi connectivity index (χ2n) is 6.03. The number of H-pyrrole nitrogens is 1. The first-order valence-electron chi connectivity index (χ1n) is 8.78. The van der Waals surface area contributed by atoms with Crippen LogP contribution in [-0.2, 0) is 6.42 Å². The van der Waals surface area contributed by atoms with Gasteiger partial charge in [-0.15, -0.1) is 12.4 Å². The first-order chi connectivity index (χ1) is 10.8. The summed E-state index contributed by atoms with van der Waals surface area (Å²) in [6.45, 7) is 3.75. The lowest BCUT2D eigenvalue weighted by atomic mass is 10.1. The van der Waals surface area contributed by atoms with Gasteiger partial charge in [-0.25, -0.2) is 0 Å². The van der Waals surface area contributed by atoms with E-state index in [9.17, 15) is 0 Å². The highest BCUT2D eigenvalue weighted by molar-refractivity contribution is 5.85. The molecule has 0 aliphatic heterocycles. The Morgan fingerprint density at radius 1 is 1.04 bits per heavy atom. The van der Waals surface area contributed by atoms with E-state index in [4.69, 9.17) is 10.5 Å². The quantitative estimate of drug-likeness (QED) is 0.497. The molecule has 1 aromatic carbocycles. The average Bonchev–Trinajstić information content (AvgIpc) is 2.93. The number of nitrogens with two attached hydrogens (primary N) is 1. The number of fused-ring (bicyclic) bond motifs is 1. The summed E-state index contributed by atoms with van der Waals surface area (Å²) in [5, 5.41) is 1.24. The molecule has 0 radical (unpaired) electrons.